The first-order valence-electron chi connectivity index (χ1n) is 7.92. The number of anilines is 1. The Morgan fingerprint density at radius 3 is 2.37 bits per heavy atom. The van der Waals surface area contributed by atoms with Gasteiger partial charge in [0, 0.05) is 10.6 Å². The normalized spacial score (nSPS) is 10.0. The molecule has 2 rings (SSSR count). The molecule has 1 amide bonds. The fourth-order valence-corrected chi connectivity index (χ4v) is 2.25. The van der Waals surface area contributed by atoms with Crippen LogP contribution >= 0.6 is 11.6 Å². The van der Waals surface area contributed by atoms with Crippen LogP contribution in [0.3, 0.4) is 0 Å². The minimum atomic E-state index is -0.709. The summed E-state index contributed by atoms with van der Waals surface area (Å²) in [4.78, 5) is 34.8. The van der Waals surface area contributed by atoms with E-state index in [-0.39, 0.29) is 12.4 Å². The van der Waals surface area contributed by atoms with Crippen molar-refractivity contribution < 1.29 is 28.6 Å². The van der Waals surface area contributed by atoms with E-state index in [0.717, 1.165) is 0 Å². The van der Waals surface area contributed by atoms with Gasteiger partial charge in [-0.25, -0.2) is 4.79 Å². The third-order valence-electron chi connectivity index (χ3n) is 3.42. The molecule has 0 heterocycles. The van der Waals surface area contributed by atoms with Crippen molar-refractivity contribution in [1.29, 1.82) is 0 Å². The second-order valence-corrected chi connectivity index (χ2v) is 5.86. The Hall–Kier alpha value is -3.06. The topological polar surface area (TPSA) is 90.9 Å². The van der Waals surface area contributed by atoms with E-state index in [1.807, 2.05) is 0 Å². The van der Waals surface area contributed by atoms with Crippen molar-refractivity contribution in [2.45, 2.75) is 6.92 Å². The minimum absolute atomic E-state index is 0.0664. The van der Waals surface area contributed by atoms with Crippen LogP contribution in [0.1, 0.15) is 17.3 Å². The zero-order valence-electron chi connectivity index (χ0n) is 14.8. The van der Waals surface area contributed by atoms with Gasteiger partial charge in [0.2, 0.25) is 0 Å². The number of benzene rings is 2. The maximum absolute atomic E-state index is 11.9. The molecular formula is C19H18ClNO6. The third kappa shape index (κ3) is 6.31. The molecular weight excluding hydrogens is 374 g/mol. The summed E-state index contributed by atoms with van der Waals surface area (Å²) in [6, 6.07) is 11.1. The Balaban J connectivity index is 1.79. The lowest BCUT2D eigenvalue weighted by Gasteiger charge is -2.11. The predicted molar refractivity (Wildman–Crippen MR) is 99.5 cm³/mol. The molecule has 2 aromatic rings. The van der Waals surface area contributed by atoms with Crippen LogP contribution in [-0.2, 0) is 14.3 Å². The number of carbonyl (C=O) groups is 3. The van der Waals surface area contributed by atoms with Gasteiger partial charge in [-0.05, 0) is 49.4 Å². The number of hydrogen-bond donors (Lipinski definition) is 1. The van der Waals surface area contributed by atoms with Crippen LogP contribution in [0.4, 0.5) is 5.69 Å². The lowest BCUT2D eigenvalue weighted by atomic mass is 10.1. The fraction of sp³-hybridized carbons (Fsp3) is 0.211. The Bertz CT molecular complexity index is 835. The summed E-state index contributed by atoms with van der Waals surface area (Å²) >= 11 is 5.88. The molecule has 1 N–H and O–H groups in total. The minimum Gasteiger partial charge on any atom is -0.495 e. The molecule has 0 bridgehead atoms. The average Bonchev–Trinajstić information content (AvgIpc) is 2.65. The summed E-state index contributed by atoms with van der Waals surface area (Å²) in [6.07, 6.45) is 0. The van der Waals surface area contributed by atoms with Crippen LogP contribution in [0.5, 0.6) is 11.5 Å². The van der Waals surface area contributed by atoms with Gasteiger partial charge in [-0.3, -0.25) is 9.59 Å². The van der Waals surface area contributed by atoms with Crippen molar-refractivity contribution in [3.63, 3.8) is 0 Å². The van der Waals surface area contributed by atoms with Crippen LogP contribution < -0.4 is 14.8 Å². The zero-order chi connectivity index (χ0) is 19.8. The molecule has 0 fully saturated rings. The standard InChI is InChI=1S/C19H18ClNO6/c1-12(22)13-3-6-15(7-4-13)26-11-19(24)27-10-18(23)21-16-9-14(20)5-8-17(16)25-2/h3-9H,10-11H2,1-2H3,(H,21,23). The summed E-state index contributed by atoms with van der Waals surface area (Å²) in [6.45, 7) is 0.603. The van der Waals surface area contributed by atoms with E-state index < -0.39 is 18.5 Å². The molecule has 27 heavy (non-hydrogen) atoms. The van der Waals surface area contributed by atoms with Gasteiger partial charge in [-0.1, -0.05) is 11.6 Å². The SMILES string of the molecule is COc1ccc(Cl)cc1NC(=O)COC(=O)COc1ccc(C(C)=O)cc1. The van der Waals surface area contributed by atoms with Gasteiger partial charge in [0.05, 0.1) is 12.8 Å². The first kappa shape index (κ1) is 20.3. The van der Waals surface area contributed by atoms with E-state index in [9.17, 15) is 14.4 Å². The van der Waals surface area contributed by atoms with Crippen molar-refractivity contribution >= 4 is 34.9 Å². The highest BCUT2D eigenvalue weighted by atomic mass is 35.5. The number of ketones is 1. The summed E-state index contributed by atoms with van der Waals surface area (Å²) in [5.41, 5.74) is 0.908. The van der Waals surface area contributed by atoms with Crippen LogP contribution in [0.15, 0.2) is 42.5 Å². The largest absolute Gasteiger partial charge is 0.495 e. The lowest BCUT2D eigenvalue weighted by molar-refractivity contribution is -0.149. The molecule has 0 atom stereocenters. The van der Waals surface area contributed by atoms with Crippen molar-refractivity contribution in [2.75, 3.05) is 25.6 Å². The summed E-state index contributed by atoms with van der Waals surface area (Å²) in [5, 5.41) is 2.97. The Labute approximate surface area is 161 Å². The second-order valence-electron chi connectivity index (χ2n) is 5.42. The number of Topliss-reactive ketones (excluding diaryl/α,β-unsaturated/α-hetero) is 1. The first-order chi connectivity index (χ1) is 12.9. The number of halogens is 1. The van der Waals surface area contributed by atoms with Crippen LogP contribution in [-0.4, -0.2) is 38.0 Å². The highest BCUT2D eigenvalue weighted by Crippen LogP contribution is 2.27. The van der Waals surface area contributed by atoms with Gasteiger partial charge in [0.15, 0.2) is 19.0 Å². The maximum Gasteiger partial charge on any atom is 0.344 e. The highest BCUT2D eigenvalue weighted by molar-refractivity contribution is 6.31. The van der Waals surface area contributed by atoms with Gasteiger partial charge in [-0.2, -0.15) is 0 Å². The van der Waals surface area contributed by atoms with Gasteiger partial charge in [0.25, 0.3) is 5.91 Å². The Morgan fingerprint density at radius 2 is 1.74 bits per heavy atom. The molecule has 0 unspecified atom stereocenters. The van der Waals surface area contributed by atoms with Crippen molar-refractivity contribution in [3.8, 4) is 11.5 Å². The van der Waals surface area contributed by atoms with Crippen molar-refractivity contribution in [1.82, 2.24) is 0 Å². The molecule has 142 valence electrons. The van der Waals surface area contributed by atoms with Gasteiger partial charge < -0.3 is 19.5 Å². The number of rotatable bonds is 8. The number of methoxy groups -OCH3 is 1. The van der Waals surface area contributed by atoms with E-state index in [4.69, 9.17) is 25.8 Å². The number of amides is 1. The molecule has 0 saturated heterocycles. The third-order valence-corrected chi connectivity index (χ3v) is 3.65. The number of hydrogen-bond acceptors (Lipinski definition) is 6. The number of nitrogens with one attached hydrogen (secondary N) is 1. The maximum atomic E-state index is 11.9. The molecule has 8 heteroatoms. The first-order valence-corrected chi connectivity index (χ1v) is 8.29. The summed E-state index contributed by atoms with van der Waals surface area (Å²) in [5.74, 6) is -0.488. The molecule has 0 aliphatic rings. The molecule has 0 aliphatic heterocycles. The van der Waals surface area contributed by atoms with Crippen LogP contribution in [0.25, 0.3) is 0 Å². The number of esters is 1. The van der Waals surface area contributed by atoms with E-state index in [2.05, 4.69) is 5.32 Å². The van der Waals surface area contributed by atoms with Gasteiger partial charge >= 0.3 is 5.97 Å². The van der Waals surface area contributed by atoms with E-state index in [1.165, 1.54) is 20.1 Å². The average molecular weight is 392 g/mol. The number of carbonyl (C=O) groups excluding carboxylic acids is 3. The number of ether oxygens (including phenoxy) is 3. The highest BCUT2D eigenvalue weighted by Gasteiger charge is 2.12. The fourth-order valence-electron chi connectivity index (χ4n) is 2.08. The van der Waals surface area contributed by atoms with Gasteiger partial charge in [-0.15, -0.1) is 0 Å². The second kappa shape index (κ2) is 9.59. The molecule has 0 saturated carbocycles. The smallest absolute Gasteiger partial charge is 0.344 e. The Kier molecular flexibility index (Phi) is 7.19. The quantitative estimate of drug-likeness (QED) is 0.549. The zero-order valence-corrected chi connectivity index (χ0v) is 15.5. The molecule has 0 spiro atoms. The van der Waals surface area contributed by atoms with E-state index >= 15 is 0 Å². The van der Waals surface area contributed by atoms with Gasteiger partial charge in [0.1, 0.15) is 11.5 Å². The van der Waals surface area contributed by atoms with E-state index in [1.54, 1.807) is 36.4 Å². The predicted octanol–water partition coefficient (Wildman–Crippen LogP) is 3.11. The summed E-state index contributed by atoms with van der Waals surface area (Å²) < 4.78 is 15.2. The molecule has 7 nitrogen and oxygen atoms in total. The van der Waals surface area contributed by atoms with Crippen LogP contribution in [0, 0.1) is 0 Å². The monoisotopic (exact) mass is 391 g/mol. The molecule has 0 aliphatic carbocycles. The molecule has 0 aromatic heterocycles. The molecule has 2 aromatic carbocycles. The lowest BCUT2D eigenvalue weighted by Crippen LogP contribution is -2.23. The van der Waals surface area contributed by atoms with Crippen molar-refractivity contribution in [3.05, 3.63) is 53.1 Å². The van der Waals surface area contributed by atoms with Crippen LogP contribution in [0.2, 0.25) is 5.02 Å². The van der Waals surface area contributed by atoms with Crippen molar-refractivity contribution in [2.24, 2.45) is 0 Å². The van der Waals surface area contributed by atoms with E-state index in [0.29, 0.717) is 27.8 Å². The summed E-state index contributed by atoms with van der Waals surface area (Å²) in [7, 11) is 1.46. The molecule has 0 radical (unpaired) electrons. The Morgan fingerprint density at radius 1 is 1.04 bits per heavy atom.